The SMILES string of the molecule is Nc1nnc(CCC2CCCCC2)n1N. The van der Waals surface area contributed by atoms with Crippen LogP contribution < -0.4 is 11.6 Å². The first-order valence-electron chi connectivity index (χ1n) is 5.72. The van der Waals surface area contributed by atoms with Crippen molar-refractivity contribution in [2.24, 2.45) is 5.92 Å². The topological polar surface area (TPSA) is 82.8 Å². The van der Waals surface area contributed by atoms with Gasteiger partial charge in [-0.2, -0.15) is 0 Å². The molecule has 1 heterocycles. The number of anilines is 1. The van der Waals surface area contributed by atoms with Gasteiger partial charge in [0.2, 0.25) is 5.95 Å². The van der Waals surface area contributed by atoms with E-state index in [2.05, 4.69) is 10.2 Å². The van der Waals surface area contributed by atoms with E-state index in [1.54, 1.807) is 0 Å². The van der Waals surface area contributed by atoms with Gasteiger partial charge in [0.25, 0.3) is 0 Å². The second kappa shape index (κ2) is 4.51. The number of nitrogens with two attached hydrogens (primary N) is 2. The molecule has 1 aliphatic rings. The summed E-state index contributed by atoms with van der Waals surface area (Å²) < 4.78 is 1.39. The smallest absolute Gasteiger partial charge is 0.240 e. The zero-order chi connectivity index (χ0) is 10.7. The molecule has 1 aromatic rings. The summed E-state index contributed by atoms with van der Waals surface area (Å²) in [6.45, 7) is 0. The van der Waals surface area contributed by atoms with Crippen LogP contribution in [0.2, 0.25) is 0 Å². The zero-order valence-electron chi connectivity index (χ0n) is 9.02. The number of hydrogen-bond donors (Lipinski definition) is 2. The number of aryl methyl sites for hydroxylation is 1. The Bertz CT molecular complexity index is 314. The van der Waals surface area contributed by atoms with E-state index in [0.717, 1.165) is 24.6 Å². The van der Waals surface area contributed by atoms with E-state index in [4.69, 9.17) is 11.6 Å². The van der Waals surface area contributed by atoms with Crippen LogP contribution in [0.3, 0.4) is 0 Å². The Labute approximate surface area is 89.8 Å². The van der Waals surface area contributed by atoms with Crippen LogP contribution in [0, 0.1) is 5.92 Å². The lowest BCUT2D eigenvalue weighted by Gasteiger charge is -2.20. The molecule has 5 nitrogen and oxygen atoms in total. The summed E-state index contributed by atoms with van der Waals surface area (Å²) in [4.78, 5) is 0. The van der Waals surface area contributed by atoms with E-state index in [1.807, 2.05) is 0 Å². The molecule has 0 saturated heterocycles. The van der Waals surface area contributed by atoms with Crippen LogP contribution in [0.25, 0.3) is 0 Å². The molecule has 1 saturated carbocycles. The van der Waals surface area contributed by atoms with Crippen LogP contribution in [0.15, 0.2) is 0 Å². The third-order valence-electron chi connectivity index (χ3n) is 3.29. The van der Waals surface area contributed by atoms with E-state index >= 15 is 0 Å². The van der Waals surface area contributed by atoms with Crippen LogP contribution in [0.4, 0.5) is 5.95 Å². The van der Waals surface area contributed by atoms with Crippen molar-refractivity contribution in [3.8, 4) is 0 Å². The Morgan fingerprint density at radius 1 is 1.20 bits per heavy atom. The summed E-state index contributed by atoms with van der Waals surface area (Å²) in [5.41, 5.74) is 5.51. The first kappa shape index (κ1) is 10.3. The highest BCUT2D eigenvalue weighted by Crippen LogP contribution is 2.27. The molecule has 0 bridgehead atoms. The van der Waals surface area contributed by atoms with Crippen molar-refractivity contribution >= 4 is 5.95 Å². The largest absolute Gasteiger partial charge is 0.366 e. The monoisotopic (exact) mass is 209 g/mol. The molecular weight excluding hydrogens is 190 g/mol. The van der Waals surface area contributed by atoms with Gasteiger partial charge in [-0.05, 0) is 12.3 Å². The van der Waals surface area contributed by atoms with Crippen LogP contribution in [-0.4, -0.2) is 14.9 Å². The summed E-state index contributed by atoms with van der Waals surface area (Å²) >= 11 is 0. The predicted molar refractivity (Wildman–Crippen MR) is 59.5 cm³/mol. The molecule has 2 rings (SSSR count). The molecule has 1 aliphatic carbocycles. The third kappa shape index (κ3) is 2.40. The molecule has 0 atom stereocenters. The second-order valence-corrected chi connectivity index (χ2v) is 4.39. The van der Waals surface area contributed by atoms with Crippen molar-refractivity contribution < 1.29 is 0 Å². The quantitative estimate of drug-likeness (QED) is 0.730. The Hall–Kier alpha value is -1.26. The maximum absolute atomic E-state index is 5.68. The Morgan fingerprint density at radius 3 is 2.53 bits per heavy atom. The lowest BCUT2D eigenvalue weighted by molar-refractivity contribution is 0.336. The number of nitrogens with zero attached hydrogens (tertiary/aromatic N) is 3. The lowest BCUT2D eigenvalue weighted by atomic mass is 9.86. The average Bonchev–Trinajstić information content (AvgIpc) is 2.59. The summed E-state index contributed by atoms with van der Waals surface area (Å²) in [6.07, 6.45) is 8.92. The van der Waals surface area contributed by atoms with Gasteiger partial charge in [-0.1, -0.05) is 32.1 Å². The van der Waals surface area contributed by atoms with E-state index in [9.17, 15) is 0 Å². The fourth-order valence-electron chi connectivity index (χ4n) is 2.32. The molecule has 0 amide bonds. The van der Waals surface area contributed by atoms with Gasteiger partial charge in [-0.25, -0.2) is 4.68 Å². The maximum atomic E-state index is 5.68. The molecule has 84 valence electrons. The van der Waals surface area contributed by atoms with Crippen molar-refractivity contribution in [3.05, 3.63) is 5.82 Å². The summed E-state index contributed by atoms with van der Waals surface area (Å²) in [7, 11) is 0. The van der Waals surface area contributed by atoms with Crippen molar-refractivity contribution in [1.29, 1.82) is 0 Å². The van der Waals surface area contributed by atoms with Crippen molar-refractivity contribution in [2.75, 3.05) is 11.6 Å². The van der Waals surface area contributed by atoms with Crippen molar-refractivity contribution in [1.82, 2.24) is 14.9 Å². The third-order valence-corrected chi connectivity index (χ3v) is 3.29. The highest BCUT2D eigenvalue weighted by Gasteiger charge is 2.15. The first-order valence-corrected chi connectivity index (χ1v) is 5.72. The minimum atomic E-state index is 0.300. The van der Waals surface area contributed by atoms with E-state index < -0.39 is 0 Å². The number of rotatable bonds is 3. The number of hydrogen-bond acceptors (Lipinski definition) is 4. The lowest BCUT2D eigenvalue weighted by Crippen LogP contribution is -2.17. The van der Waals surface area contributed by atoms with Crippen molar-refractivity contribution in [3.63, 3.8) is 0 Å². The Morgan fingerprint density at radius 2 is 1.93 bits per heavy atom. The highest BCUT2D eigenvalue weighted by molar-refractivity contribution is 5.17. The molecule has 5 heteroatoms. The van der Waals surface area contributed by atoms with Crippen LogP contribution in [0.5, 0.6) is 0 Å². The second-order valence-electron chi connectivity index (χ2n) is 4.39. The fraction of sp³-hybridized carbons (Fsp3) is 0.800. The molecule has 0 spiro atoms. The molecular formula is C10H19N5. The van der Waals surface area contributed by atoms with Gasteiger partial charge in [0, 0.05) is 6.42 Å². The van der Waals surface area contributed by atoms with Gasteiger partial charge in [-0.15, -0.1) is 10.2 Å². The molecule has 0 aromatic carbocycles. The standard InChI is InChI=1S/C10H19N5/c11-10-14-13-9(15(10)12)7-6-8-4-2-1-3-5-8/h8H,1-7,12H2,(H2,11,14). The molecule has 4 N–H and O–H groups in total. The normalized spacial score (nSPS) is 18.1. The summed E-state index contributed by atoms with van der Waals surface area (Å²) in [5.74, 6) is 7.63. The molecule has 0 radical (unpaired) electrons. The molecule has 0 unspecified atom stereocenters. The van der Waals surface area contributed by atoms with Gasteiger partial charge in [0.05, 0.1) is 0 Å². The van der Waals surface area contributed by atoms with Crippen LogP contribution in [-0.2, 0) is 6.42 Å². The van der Waals surface area contributed by atoms with Gasteiger partial charge >= 0.3 is 0 Å². The highest BCUT2D eigenvalue weighted by atomic mass is 15.4. The summed E-state index contributed by atoms with van der Waals surface area (Å²) in [6, 6.07) is 0. The Kier molecular flexibility index (Phi) is 3.08. The van der Waals surface area contributed by atoms with E-state index in [1.165, 1.54) is 36.8 Å². The van der Waals surface area contributed by atoms with Crippen molar-refractivity contribution in [2.45, 2.75) is 44.9 Å². The number of aromatic nitrogens is 3. The average molecular weight is 209 g/mol. The van der Waals surface area contributed by atoms with Gasteiger partial charge in [-0.3, -0.25) is 0 Å². The molecule has 0 aliphatic heterocycles. The maximum Gasteiger partial charge on any atom is 0.240 e. The van der Waals surface area contributed by atoms with Gasteiger partial charge < -0.3 is 11.6 Å². The molecule has 15 heavy (non-hydrogen) atoms. The van der Waals surface area contributed by atoms with Crippen LogP contribution >= 0.6 is 0 Å². The first-order chi connectivity index (χ1) is 7.27. The number of nitrogen functional groups attached to an aromatic ring is 2. The molecule has 1 fully saturated rings. The summed E-state index contributed by atoms with van der Waals surface area (Å²) in [5, 5.41) is 7.71. The Balaban J connectivity index is 1.84. The fourth-order valence-corrected chi connectivity index (χ4v) is 2.32. The van der Waals surface area contributed by atoms with Gasteiger partial charge in [0.15, 0.2) is 5.82 Å². The molecule has 1 aromatic heterocycles. The van der Waals surface area contributed by atoms with E-state index in [-0.39, 0.29) is 0 Å². The minimum Gasteiger partial charge on any atom is -0.366 e. The zero-order valence-corrected chi connectivity index (χ0v) is 9.02. The van der Waals surface area contributed by atoms with Gasteiger partial charge in [0.1, 0.15) is 0 Å². The van der Waals surface area contributed by atoms with E-state index in [0.29, 0.717) is 5.95 Å². The minimum absolute atomic E-state index is 0.300. The van der Waals surface area contributed by atoms with Crippen LogP contribution in [0.1, 0.15) is 44.3 Å². The predicted octanol–water partition coefficient (Wildman–Crippen LogP) is 1.09.